The molecule has 0 saturated carbocycles. The van der Waals surface area contributed by atoms with Crippen molar-refractivity contribution in [3.05, 3.63) is 51.1 Å². The van der Waals surface area contributed by atoms with E-state index in [4.69, 9.17) is 23.2 Å². The molecule has 8 heteroatoms. The van der Waals surface area contributed by atoms with E-state index in [2.05, 4.69) is 15.4 Å². The highest BCUT2D eigenvalue weighted by atomic mass is 35.5. The van der Waals surface area contributed by atoms with Crippen LogP contribution < -0.4 is 5.32 Å². The molecule has 5 nitrogen and oxygen atoms in total. The van der Waals surface area contributed by atoms with Gasteiger partial charge in [0.05, 0.1) is 10.7 Å². The molecule has 0 unspecified atom stereocenters. The Labute approximate surface area is 159 Å². The van der Waals surface area contributed by atoms with Gasteiger partial charge in [-0.15, -0.1) is 11.3 Å². The van der Waals surface area contributed by atoms with Gasteiger partial charge in [-0.05, 0) is 45.0 Å². The Balaban J connectivity index is 1.80. The average Bonchev–Trinajstić information content (AvgIpc) is 3.16. The molecule has 3 aromatic rings. The van der Waals surface area contributed by atoms with Crippen LogP contribution in [-0.2, 0) is 0 Å². The van der Waals surface area contributed by atoms with Crippen molar-refractivity contribution in [2.45, 2.75) is 26.8 Å². The van der Waals surface area contributed by atoms with E-state index in [1.54, 1.807) is 24.3 Å². The molecule has 2 heterocycles. The number of amides is 1. The number of aryl methyl sites for hydroxylation is 1. The van der Waals surface area contributed by atoms with Crippen molar-refractivity contribution in [3.8, 4) is 11.3 Å². The summed E-state index contributed by atoms with van der Waals surface area (Å²) in [5, 5.41) is 10.6. The summed E-state index contributed by atoms with van der Waals surface area (Å²) < 4.78 is 1.81. The molecule has 1 aromatic carbocycles. The smallest absolute Gasteiger partial charge is 0.277 e. The lowest BCUT2D eigenvalue weighted by Gasteiger charge is -2.06. The highest BCUT2D eigenvalue weighted by molar-refractivity contribution is 7.14. The average molecular weight is 395 g/mol. The lowest BCUT2D eigenvalue weighted by Crippen LogP contribution is -2.13. The van der Waals surface area contributed by atoms with Crippen molar-refractivity contribution in [2.75, 3.05) is 5.32 Å². The number of thiazole rings is 1. The maximum Gasteiger partial charge on any atom is 0.277 e. The summed E-state index contributed by atoms with van der Waals surface area (Å²) >= 11 is 13.5. The highest BCUT2D eigenvalue weighted by Crippen LogP contribution is 2.32. The van der Waals surface area contributed by atoms with Gasteiger partial charge in [0.1, 0.15) is 0 Å². The van der Waals surface area contributed by atoms with Gasteiger partial charge in [0.25, 0.3) is 5.91 Å². The number of hydrogen-bond acceptors (Lipinski definition) is 4. The largest absolute Gasteiger partial charge is 0.296 e. The molecule has 25 heavy (non-hydrogen) atoms. The highest BCUT2D eigenvalue weighted by Gasteiger charge is 2.16. The van der Waals surface area contributed by atoms with Gasteiger partial charge in [-0.3, -0.25) is 14.8 Å². The van der Waals surface area contributed by atoms with E-state index in [0.29, 0.717) is 26.6 Å². The Hall–Kier alpha value is -1.89. The van der Waals surface area contributed by atoms with Crippen LogP contribution in [0.25, 0.3) is 11.3 Å². The van der Waals surface area contributed by atoms with E-state index >= 15 is 0 Å². The van der Waals surface area contributed by atoms with Crippen LogP contribution in [0.4, 0.5) is 5.13 Å². The first kappa shape index (κ1) is 17.9. The predicted octanol–water partition coefficient (Wildman–Crippen LogP) is 5.46. The van der Waals surface area contributed by atoms with Crippen LogP contribution in [0.1, 0.15) is 36.1 Å². The molecule has 0 aliphatic rings. The van der Waals surface area contributed by atoms with Crippen molar-refractivity contribution in [3.63, 3.8) is 0 Å². The van der Waals surface area contributed by atoms with Gasteiger partial charge in [0.2, 0.25) is 0 Å². The summed E-state index contributed by atoms with van der Waals surface area (Å²) in [6, 6.07) is 7.14. The van der Waals surface area contributed by atoms with Crippen molar-refractivity contribution in [2.24, 2.45) is 0 Å². The van der Waals surface area contributed by atoms with Gasteiger partial charge in [0.15, 0.2) is 10.8 Å². The second-order valence-corrected chi connectivity index (χ2v) is 7.53. The standard InChI is InChI=1S/C17H16Cl2N4OS/c1-9(2)23-10(3)6-14(22-23)16(24)21-17-20-15(8-25-17)12-7-11(18)4-5-13(12)19/h4-9H,1-3H3,(H,20,21,24). The zero-order valence-corrected chi connectivity index (χ0v) is 16.2. The minimum Gasteiger partial charge on any atom is -0.296 e. The molecule has 3 rings (SSSR count). The van der Waals surface area contributed by atoms with E-state index in [1.807, 2.05) is 30.8 Å². The summed E-state index contributed by atoms with van der Waals surface area (Å²) in [7, 11) is 0. The Morgan fingerprint density at radius 2 is 2.04 bits per heavy atom. The van der Waals surface area contributed by atoms with E-state index in [0.717, 1.165) is 11.3 Å². The summed E-state index contributed by atoms with van der Waals surface area (Å²) in [5.74, 6) is -0.291. The third-order valence-corrected chi connectivity index (χ3v) is 4.90. The van der Waals surface area contributed by atoms with E-state index in [9.17, 15) is 4.79 Å². The molecule has 0 radical (unpaired) electrons. The lowest BCUT2D eigenvalue weighted by molar-refractivity contribution is 0.102. The minimum atomic E-state index is -0.291. The molecule has 1 N–H and O–H groups in total. The van der Waals surface area contributed by atoms with Gasteiger partial charge in [-0.2, -0.15) is 5.10 Å². The van der Waals surface area contributed by atoms with Crippen molar-refractivity contribution >= 4 is 45.6 Å². The monoisotopic (exact) mass is 394 g/mol. The van der Waals surface area contributed by atoms with E-state index < -0.39 is 0 Å². The molecule has 0 aliphatic carbocycles. The fraction of sp³-hybridized carbons (Fsp3) is 0.235. The molecule has 130 valence electrons. The molecule has 0 bridgehead atoms. The lowest BCUT2D eigenvalue weighted by atomic mass is 10.2. The SMILES string of the molecule is Cc1cc(C(=O)Nc2nc(-c3cc(Cl)ccc3Cl)cs2)nn1C(C)C. The molecule has 0 spiro atoms. The Morgan fingerprint density at radius 3 is 2.72 bits per heavy atom. The van der Waals surface area contributed by atoms with E-state index in [-0.39, 0.29) is 11.9 Å². The first-order chi connectivity index (χ1) is 11.8. The van der Waals surface area contributed by atoms with Crippen LogP contribution >= 0.6 is 34.5 Å². The predicted molar refractivity (Wildman–Crippen MR) is 103 cm³/mol. The third kappa shape index (κ3) is 3.86. The van der Waals surface area contributed by atoms with Gasteiger partial charge in [-0.1, -0.05) is 23.2 Å². The van der Waals surface area contributed by atoms with Gasteiger partial charge in [0, 0.05) is 27.7 Å². The summed E-state index contributed by atoms with van der Waals surface area (Å²) in [6.07, 6.45) is 0. The quantitative estimate of drug-likeness (QED) is 0.639. The zero-order valence-electron chi connectivity index (χ0n) is 13.9. The van der Waals surface area contributed by atoms with Crippen molar-refractivity contribution in [1.82, 2.24) is 14.8 Å². The first-order valence-electron chi connectivity index (χ1n) is 7.63. The van der Waals surface area contributed by atoms with Crippen molar-refractivity contribution in [1.29, 1.82) is 0 Å². The first-order valence-corrected chi connectivity index (χ1v) is 9.27. The number of carbonyl (C=O) groups excluding carboxylic acids is 1. The second-order valence-electron chi connectivity index (χ2n) is 5.83. The zero-order chi connectivity index (χ0) is 18.1. The van der Waals surface area contributed by atoms with Crippen LogP contribution in [0.3, 0.4) is 0 Å². The van der Waals surface area contributed by atoms with Gasteiger partial charge < -0.3 is 0 Å². The molecular formula is C17H16Cl2N4OS. The van der Waals surface area contributed by atoms with Gasteiger partial charge >= 0.3 is 0 Å². The van der Waals surface area contributed by atoms with Crippen molar-refractivity contribution < 1.29 is 4.79 Å². The molecule has 0 fully saturated rings. The molecule has 2 aromatic heterocycles. The van der Waals surface area contributed by atoms with E-state index in [1.165, 1.54) is 11.3 Å². The Morgan fingerprint density at radius 1 is 1.28 bits per heavy atom. The number of rotatable bonds is 4. The summed E-state index contributed by atoms with van der Waals surface area (Å²) in [6.45, 7) is 5.96. The summed E-state index contributed by atoms with van der Waals surface area (Å²) in [5.41, 5.74) is 2.69. The van der Waals surface area contributed by atoms with Crippen LogP contribution in [0.5, 0.6) is 0 Å². The Bertz CT molecular complexity index is 933. The topological polar surface area (TPSA) is 59.8 Å². The molecular weight excluding hydrogens is 379 g/mol. The number of benzene rings is 1. The van der Waals surface area contributed by atoms with Crippen LogP contribution in [0.15, 0.2) is 29.6 Å². The number of carbonyl (C=O) groups is 1. The number of nitrogens with one attached hydrogen (secondary N) is 1. The third-order valence-electron chi connectivity index (χ3n) is 3.57. The molecule has 0 saturated heterocycles. The number of halogens is 2. The minimum absolute atomic E-state index is 0.193. The van der Waals surface area contributed by atoms with Crippen LogP contribution in [0.2, 0.25) is 10.0 Å². The second kappa shape index (κ2) is 7.15. The van der Waals surface area contributed by atoms with Gasteiger partial charge in [-0.25, -0.2) is 4.98 Å². The Kier molecular flexibility index (Phi) is 5.13. The number of nitrogens with zero attached hydrogens (tertiary/aromatic N) is 3. The maximum absolute atomic E-state index is 12.4. The fourth-order valence-corrected chi connectivity index (χ4v) is 3.52. The molecule has 1 amide bonds. The number of aromatic nitrogens is 3. The van der Waals surface area contributed by atoms with Crippen LogP contribution in [0, 0.1) is 6.92 Å². The fourth-order valence-electron chi connectivity index (χ4n) is 2.43. The number of anilines is 1. The van der Waals surface area contributed by atoms with Crippen LogP contribution in [-0.4, -0.2) is 20.7 Å². The number of hydrogen-bond donors (Lipinski definition) is 1. The normalized spacial score (nSPS) is 11.1. The molecule has 0 aliphatic heterocycles. The summed E-state index contributed by atoms with van der Waals surface area (Å²) in [4.78, 5) is 16.8. The maximum atomic E-state index is 12.4. The molecule has 0 atom stereocenters.